The molecular weight excluding hydrogens is 220 g/mol. The smallest absolute Gasteiger partial charge is 0.0832 e. The number of hydrogen-bond donors (Lipinski definition) is 1. The third-order valence-corrected chi connectivity index (χ3v) is 4.47. The minimum absolute atomic E-state index is 0.197. The highest BCUT2D eigenvalue weighted by Crippen LogP contribution is 2.37. The van der Waals surface area contributed by atoms with Crippen LogP contribution in [-0.2, 0) is 17.6 Å². The number of aryl methyl sites for hydroxylation is 2. The van der Waals surface area contributed by atoms with Crippen molar-refractivity contribution < 1.29 is 9.84 Å². The fraction of sp³-hybridized carbons (Fsp3) is 0.692. The van der Waals surface area contributed by atoms with Gasteiger partial charge in [0.25, 0.3) is 0 Å². The molecule has 1 aromatic heterocycles. The minimum atomic E-state index is -0.197. The molecule has 1 aromatic rings. The molecule has 2 rings (SSSR count). The molecule has 0 aromatic carbocycles. The van der Waals surface area contributed by atoms with Gasteiger partial charge in [0.1, 0.15) is 0 Å². The van der Waals surface area contributed by atoms with Crippen LogP contribution in [-0.4, -0.2) is 18.3 Å². The van der Waals surface area contributed by atoms with Crippen LogP contribution >= 0.6 is 11.3 Å². The summed E-state index contributed by atoms with van der Waals surface area (Å²) in [5.74, 6) is 0. The molecular formula is C13H20O2S. The summed E-state index contributed by atoms with van der Waals surface area (Å²) >= 11 is 1.91. The van der Waals surface area contributed by atoms with Gasteiger partial charge in [-0.05, 0) is 50.7 Å². The molecule has 2 unspecified atom stereocenters. The largest absolute Gasteiger partial charge is 0.393 e. The molecule has 2 nitrogen and oxygen atoms in total. The number of rotatable bonds is 4. The Morgan fingerprint density at radius 3 is 3.12 bits per heavy atom. The second-order valence-electron chi connectivity index (χ2n) is 4.60. The fourth-order valence-electron chi connectivity index (χ4n) is 2.29. The number of methoxy groups -OCH3 is 1. The number of hydrogen-bond acceptors (Lipinski definition) is 3. The number of aliphatic hydroxyl groups is 1. The van der Waals surface area contributed by atoms with Crippen LogP contribution in [0.15, 0.2) is 6.07 Å². The number of thiophene rings is 1. The lowest BCUT2D eigenvalue weighted by molar-refractivity contribution is 0.0888. The van der Waals surface area contributed by atoms with E-state index in [4.69, 9.17) is 4.74 Å². The van der Waals surface area contributed by atoms with E-state index in [9.17, 15) is 5.11 Å². The Morgan fingerprint density at radius 2 is 2.44 bits per heavy atom. The summed E-state index contributed by atoms with van der Waals surface area (Å²) in [5, 5.41) is 9.29. The number of fused-ring (bicyclic) bond motifs is 1. The Bertz CT molecular complexity index is 344. The molecule has 16 heavy (non-hydrogen) atoms. The van der Waals surface area contributed by atoms with Crippen molar-refractivity contribution in [3.8, 4) is 0 Å². The van der Waals surface area contributed by atoms with Gasteiger partial charge in [-0.15, -0.1) is 11.3 Å². The fourth-order valence-corrected chi connectivity index (χ4v) is 3.57. The van der Waals surface area contributed by atoms with Gasteiger partial charge in [0.2, 0.25) is 0 Å². The van der Waals surface area contributed by atoms with Gasteiger partial charge in [-0.1, -0.05) is 0 Å². The average molecular weight is 240 g/mol. The third-order valence-electron chi connectivity index (χ3n) is 3.20. The molecule has 0 amide bonds. The van der Waals surface area contributed by atoms with Crippen molar-refractivity contribution in [1.29, 1.82) is 0 Å². The normalized spacial score (nSPS) is 21.8. The first kappa shape index (κ1) is 12.1. The molecule has 0 fully saturated rings. The second-order valence-corrected chi connectivity index (χ2v) is 5.82. The van der Waals surface area contributed by atoms with E-state index >= 15 is 0 Å². The van der Waals surface area contributed by atoms with Gasteiger partial charge in [0.15, 0.2) is 0 Å². The maximum atomic E-state index is 9.29. The highest BCUT2D eigenvalue weighted by atomic mass is 32.1. The maximum absolute atomic E-state index is 9.29. The van der Waals surface area contributed by atoms with E-state index in [2.05, 4.69) is 6.07 Å². The minimum Gasteiger partial charge on any atom is -0.393 e. The van der Waals surface area contributed by atoms with Crippen molar-refractivity contribution in [3.63, 3.8) is 0 Å². The Hall–Kier alpha value is -0.380. The molecule has 0 spiro atoms. The summed E-state index contributed by atoms with van der Waals surface area (Å²) < 4.78 is 5.51. The molecule has 0 saturated heterocycles. The van der Waals surface area contributed by atoms with Crippen molar-refractivity contribution in [2.45, 2.75) is 51.2 Å². The first-order valence-electron chi connectivity index (χ1n) is 6.03. The van der Waals surface area contributed by atoms with E-state index in [1.54, 1.807) is 7.11 Å². The topological polar surface area (TPSA) is 29.5 Å². The zero-order chi connectivity index (χ0) is 11.5. The lowest BCUT2D eigenvalue weighted by Gasteiger charge is -2.20. The van der Waals surface area contributed by atoms with E-state index in [1.807, 2.05) is 18.3 Å². The predicted octanol–water partition coefficient (Wildman–Crippen LogP) is 3.09. The Kier molecular flexibility index (Phi) is 4.00. The second kappa shape index (κ2) is 5.30. The van der Waals surface area contributed by atoms with Crippen LogP contribution < -0.4 is 0 Å². The van der Waals surface area contributed by atoms with E-state index < -0.39 is 0 Å². The van der Waals surface area contributed by atoms with Gasteiger partial charge in [-0.2, -0.15) is 0 Å². The van der Waals surface area contributed by atoms with Gasteiger partial charge in [-0.3, -0.25) is 0 Å². The third kappa shape index (κ3) is 2.65. The van der Waals surface area contributed by atoms with Crippen molar-refractivity contribution in [2.24, 2.45) is 0 Å². The van der Waals surface area contributed by atoms with Crippen LogP contribution in [0.3, 0.4) is 0 Å². The van der Waals surface area contributed by atoms with Crippen LogP contribution in [0.5, 0.6) is 0 Å². The Morgan fingerprint density at radius 1 is 1.62 bits per heavy atom. The van der Waals surface area contributed by atoms with Gasteiger partial charge in [-0.25, -0.2) is 0 Å². The van der Waals surface area contributed by atoms with Crippen molar-refractivity contribution in [2.75, 3.05) is 7.11 Å². The van der Waals surface area contributed by atoms with E-state index in [-0.39, 0.29) is 6.10 Å². The molecule has 90 valence electrons. The van der Waals surface area contributed by atoms with Crippen LogP contribution in [0.2, 0.25) is 0 Å². The lowest BCUT2D eigenvalue weighted by atomic mass is 9.96. The summed E-state index contributed by atoms with van der Waals surface area (Å²) in [6, 6.07) is 2.29. The summed E-state index contributed by atoms with van der Waals surface area (Å²) in [6.45, 7) is 1.85. The molecule has 0 aliphatic heterocycles. The first-order valence-corrected chi connectivity index (χ1v) is 6.84. The van der Waals surface area contributed by atoms with E-state index in [0.29, 0.717) is 6.10 Å². The molecule has 1 aliphatic carbocycles. The monoisotopic (exact) mass is 240 g/mol. The van der Waals surface area contributed by atoms with Crippen molar-refractivity contribution >= 4 is 11.3 Å². The maximum Gasteiger partial charge on any atom is 0.0832 e. The average Bonchev–Trinajstić information content (AvgIpc) is 2.68. The summed E-state index contributed by atoms with van der Waals surface area (Å²) in [4.78, 5) is 2.90. The molecule has 3 heteroatoms. The SMILES string of the molecule is COC1CCCc2sc(CCC(C)O)cc21. The molecule has 0 bridgehead atoms. The highest BCUT2D eigenvalue weighted by Gasteiger charge is 2.22. The number of aliphatic hydroxyl groups excluding tert-OH is 1. The van der Waals surface area contributed by atoms with E-state index in [1.165, 1.54) is 28.2 Å². The quantitative estimate of drug-likeness (QED) is 0.876. The van der Waals surface area contributed by atoms with Crippen LogP contribution in [0.1, 0.15) is 47.6 Å². The summed E-state index contributed by atoms with van der Waals surface area (Å²) in [5.41, 5.74) is 1.40. The van der Waals surface area contributed by atoms with E-state index in [0.717, 1.165) is 19.3 Å². The van der Waals surface area contributed by atoms with Gasteiger partial charge in [0.05, 0.1) is 12.2 Å². The standard InChI is InChI=1S/C13H20O2S/c1-9(14)6-7-10-8-11-12(15-2)4-3-5-13(11)16-10/h8-9,12,14H,3-7H2,1-2H3. The molecule has 0 radical (unpaired) electrons. The first-order chi connectivity index (χ1) is 7.70. The summed E-state index contributed by atoms with van der Waals surface area (Å²) in [7, 11) is 1.80. The predicted molar refractivity (Wildman–Crippen MR) is 67.0 cm³/mol. The summed E-state index contributed by atoms with van der Waals surface area (Å²) in [6.07, 6.45) is 5.55. The Labute approximate surface area is 101 Å². The van der Waals surface area contributed by atoms with Crippen LogP contribution in [0.4, 0.5) is 0 Å². The van der Waals surface area contributed by atoms with Gasteiger partial charge >= 0.3 is 0 Å². The lowest BCUT2D eigenvalue weighted by Crippen LogP contribution is -2.08. The van der Waals surface area contributed by atoms with Crippen LogP contribution in [0, 0.1) is 0 Å². The highest BCUT2D eigenvalue weighted by molar-refractivity contribution is 7.12. The zero-order valence-corrected chi connectivity index (χ0v) is 10.8. The molecule has 2 atom stereocenters. The van der Waals surface area contributed by atoms with Gasteiger partial charge in [0, 0.05) is 16.9 Å². The van der Waals surface area contributed by atoms with Gasteiger partial charge < -0.3 is 9.84 Å². The molecule has 1 heterocycles. The van der Waals surface area contributed by atoms with Crippen LogP contribution in [0.25, 0.3) is 0 Å². The molecule has 0 saturated carbocycles. The van der Waals surface area contributed by atoms with Crippen molar-refractivity contribution in [3.05, 3.63) is 21.4 Å². The Balaban J connectivity index is 2.09. The van der Waals surface area contributed by atoms with Crippen molar-refractivity contribution in [1.82, 2.24) is 0 Å². The molecule has 1 N–H and O–H groups in total. The molecule has 1 aliphatic rings. The zero-order valence-electron chi connectivity index (χ0n) is 10.0. The number of ether oxygens (including phenoxy) is 1.